The number of amides is 1. The van der Waals surface area contributed by atoms with Crippen molar-refractivity contribution in [2.24, 2.45) is 0 Å². The Morgan fingerprint density at radius 3 is 3.06 bits per heavy atom. The van der Waals surface area contributed by atoms with Gasteiger partial charge in [-0.15, -0.1) is 0 Å². The summed E-state index contributed by atoms with van der Waals surface area (Å²) in [7, 11) is 1.74. The summed E-state index contributed by atoms with van der Waals surface area (Å²) in [5, 5.41) is 0. The van der Waals surface area contributed by atoms with Crippen molar-refractivity contribution in [2.75, 3.05) is 18.6 Å². The maximum atomic E-state index is 11.6. The minimum Gasteiger partial charge on any atom is -0.482 e. The summed E-state index contributed by atoms with van der Waals surface area (Å²) >= 11 is 3.40. The molecule has 0 fully saturated rings. The number of aromatic nitrogens is 2. The highest BCUT2D eigenvalue weighted by Gasteiger charge is 2.23. The van der Waals surface area contributed by atoms with E-state index in [1.54, 1.807) is 18.3 Å². The largest absolute Gasteiger partial charge is 0.482 e. The van der Waals surface area contributed by atoms with Gasteiger partial charge in [-0.2, -0.15) is 0 Å². The first kappa shape index (κ1) is 11.3. The summed E-state index contributed by atoms with van der Waals surface area (Å²) in [4.78, 5) is 20.4. The lowest BCUT2D eigenvalue weighted by Crippen LogP contribution is -2.35. The van der Waals surface area contributed by atoms with Gasteiger partial charge in [0.05, 0.1) is 12.0 Å². The quantitative estimate of drug-likeness (QED) is 0.878. The normalized spacial score (nSPS) is 14.3. The Balaban J connectivity index is 2.11. The van der Waals surface area contributed by atoms with E-state index in [4.69, 9.17) is 4.74 Å². The zero-order valence-corrected chi connectivity index (χ0v) is 11.2. The van der Waals surface area contributed by atoms with Crippen molar-refractivity contribution in [1.29, 1.82) is 0 Å². The average Bonchev–Trinajstić information content (AvgIpc) is 2.80. The lowest BCUT2D eigenvalue weighted by molar-refractivity contribution is -0.120. The van der Waals surface area contributed by atoms with Gasteiger partial charge in [0, 0.05) is 12.6 Å². The van der Waals surface area contributed by atoms with E-state index in [0.29, 0.717) is 5.75 Å². The van der Waals surface area contributed by atoms with E-state index < -0.39 is 0 Å². The van der Waals surface area contributed by atoms with Gasteiger partial charge in [0.2, 0.25) is 0 Å². The minimum atomic E-state index is -0.0549. The second kappa shape index (κ2) is 4.13. The van der Waals surface area contributed by atoms with Crippen LogP contribution in [0.2, 0.25) is 0 Å². The molecule has 0 bridgehead atoms. The first-order valence-corrected chi connectivity index (χ1v) is 6.19. The maximum Gasteiger partial charge on any atom is 0.264 e. The Kier molecular flexibility index (Phi) is 2.59. The lowest BCUT2D eigenvalue weighted by Gasteiger charge is -2.26. The number of ether oxygens (including phenoxy) is 1. The number of carbonyl (C=O) groups excluding carboxylic acids is 1. The average molecular weight is 308 g/mol. The third-order valence-electron chi connectivity index (χ3n) is 2.91. The topological polar surface area (TPSA) is 58.2 Å². The first-order valence-electron chi connectivity index (χ1n) is 5.39. The van der Waals surface area contributed by atoms with Gasteiger partial charge in [-0.25, -0.2) is 4.98 Å². The molecule has 0 saturated heterocycles. The van der Waals surface area contributed by atoms with E-state index in [0.717, 1.165) is 21.5 Å². The molecule has 92 valence electrons. The minimum absolute atomic E-state index is 0.0549. The first-order chi connectivity index (χ1) is 8.66. The molecule has 5 nitrogen and oxygen atoms in total. The van der Waals surface area contributed by atoms with Crippen molar-refractivity contribution >= 4 is 27.5 Å². The number of benzene rings is 1. The van der Waals surface area contributed by atoms with E-state index in [-0.39, 0.29) is 12.5 Å². The molecular formula is C12H10BrN3O2. The van der Waals surface area contributed by atoms with Gasteiger partial charge in [0.15, 0.2) is 6.61 Å². The summed E-state index contributed by atoms with van der Waals surface area (Å²) in [5.41, 5.74) is 2.50. The number of fused-ring (bicyclic) bond motifs is 1. The number of aromatic amines is 1. The van der Waals surface area contributed by atoms with Crippen molar-refractivity contribution in [3.05, 3.63) is 29.1 Å². The van der Waals surface area contributed by atoms with Crippen LogP contribution in [-0.2, 0) is 4.79 Å². The zero-order valence-electron chi connectivity index (χ0n) is 9.61. The summed E-state index contributed by atoms with van der Waals surface area (Å²) < 4.78 is 6.19. The number of hydrogen-bond donors (Lipinski definition) is 1. The molecule has 2 heterocycles. The fourth-order valence-corrected chi connectivity index (χ4v) is 2.33. The van der Waals surface area contributed by atoms with Gasteiger partial charge in [0.25, 0.3) is 5.91 Å². The smallest absolute Gasteiger partial charge is 0.264 e. The third kappa shape index (κ3) is 1.69. The number of hydrogen-bond acceptors (Lipinski definition) is 3. The monoisotopic (exact) mass is 307 g/mol. The summed E-state index contributed by atoms with van der Waals surface area (Å²) in [5.74, 6) is 0.660. The Bertz CT molecular complexity index is 624. The number of rotatable bonds is 1. The van der Waals surface area contributed by atoms with Crippen molar-refractivity contribution in [3.8, 4) is 17.0 Å². The molecule has 1 N–H and O–H groups in total. The molecule has 1 aliphatic heterocycles. The van der Waals surface area contributed by atoms with Crippen LogP contribution in [0, 0.1) is 0 Å². The van der Waals surface area contributed by atoms with Crippen LogP contribution in [0.5, 0.6) is 5.75 Å². The molecule has 0 spiro atoms. The molecule has 0 atom stereocenters. The number of halogens is 1. The fourth-order valence-electron chi connectivity index (χ4n) is 1.90. The third-order valence-corrected chi connectivity index (χ3v) is 3.52. The Hall–Kier alpha value is -1.82. The van der Waals surface area contributed by atoms with E-state index in [9.17, 15) is 4.79 Å². The predicted molar refractivity (Wildman–Crippen MR) is 70.6 cm³/mol. The number of anilines is 1. The van der Waals surface area contributed by atoms with Crippen molar-refractivity contribution in [2.45, 2.75) is 0 Å². The van der Waals surface area contributed by atoms with Crippen molar-refractivity contribution in [3.63, 3.8) is 0 Å². The summed E-state index contributed by atoms with van der Waals surface area (Å²) in [6.07, 6.45) is 1.62. The molecular weight excluding hydrogens is 298 g/mol. The predicted octanol–water partition coefficient (Wildman–Crippen LogP) is 2.19. The van der Waals surface area contributed by atoms with E-state index >= 15 is 0 Å². The molecule has 1 aliphatic rings. The highest BCUT2D eigenvalue weighted by Crippen LogP contribution is 2.36. The Morgan fingerprint density at radius 1 is 1.50 bits per heavy atom. The van der Waals surface area contributed by atoms with Gasteiger partial charge < -0.3 is 14.6 Å². The van der Waals surface area contributed by atoms with E-state index in [1.165, 1.54) is 0 Å². The number of H-pyrrole nitrogens is 1. The van der Waals surface area contributed by atoms with E-state index in [2.05, 4.69) is 25.9 Å². The lowest BCUT2D eigenvalue weighted by atomic mass is 10.1. The summed E-state index contributed by atoms with van der Waals surface area (Å²) in [6, 6.07) is 5.67. The Labute approximate surface area is 112 Å². The number of imidazole rings is 1. The molecule has 6 heteroatoms. The van der Waals surface area contributed by atoms with Crippen LogP contribution in [0.1, 0.15) is 0 Å². The van der Waals surface area contributed by atoms with Crippen molar-refractivity contribution in [1.82, 2.24) is 9.97 Å². The highest BCUT2D eigenvalue weighted by molar-refractivity contribution is 9.10. The van der Waals surface area contributed by atoms with Crippen LogP contribution in [0.25, 0.3) is 11.3 Å². The van der Waals surface area contributed by atoms with E-state index in [1.807, 2.05) is 18.2 Å². The number of likely N-dealkylation sites (N-methyl/N-ethyl adjacent to an activating group) is 1. The molecule has 0 aliphatic carbocycles. The van der Waals surface area contributed by atoms with Crippen LogP contribution in [0.3, 0.4) is 0 Å². The van der Waals surface area contributed by atoms with Gasteiger partial charge in [-0.05, 0) is 34.1 Å². The van der Waals surface area contributed by atoms with Crippen LogP contribution in [0.15, 0.2) is 29.1 Å². The van der Waals surface area contributed by atoms with Gasteiger partial charge in [-0.3, -0.25) is 4.79 Å². The number of nitrogens with one attached hydrogen (secondary N) is 1. The highest BCUT2D eigenvalue weighted by atomic mass is 79.9. The molecule has 2 aromatic rings. The molecule has 1 aromatic heterocycles. The molecule has 1 amide bonds. The zero-order chi connectivity index (χ0) is 12.7. The molecule has 3 rings (SSSR count). The number of nitrogens with zero attached hydrogens (tertiary/aromatic N) is 2. The molecule has 18 heavy (non-hydrogen) atoms. The molecule has 0 unspecified atom stereocenters. The molecule has 0 radical (unpaired) electrons. The van der Waals surface area contributed by atoms with Crippen LogP contribution < -0.4 is 9.64 Å². The Morgan fingerprint density at radius 2 is 2.33 bits per heavy atom. The van der Waals surface area contributed by atoms with Gasteiger partial charge in [0.1, 0.15) is 16.0 Å². The SMILES string of the molecule is CN1C(=O)COc2ccc(-c3nc[nH]c3Br)cc21. The standard InChI is InChI=1S/C12H10BrN3O2/c1-16-8-4-7(11-12(13)15-6-14-11)2-3-9(8)18-5-10(16)17/h2-4,6H,5H2,1H3,(H,14,15). The second-order valence-corrected chi connectivity index (χ2v) is 4.78. The van der Waals surface area contributed by atoms with Gasteiger partial charge in [-0.1, -0.05) is 0 Å². The van der Waals surface area contributed by atoms with Crippen LogP contribution in [0.4, 0.5) is 5.69 Å². The van der Waals surface area contributed by atoms with Crippen LogP contribution in [-0.4, -0.2) is 29.5 Å². The number of carbonyl (C=O) groups is 1. The maximum absolute atomic E-state index is 11.6. The molecule has 0 saturated carbocycles. The molecule has 1 aromatic carbocycles. The second-order valence-electron chi connectivity index (χ2n) is 3.99. The van der Waals surface area contributed by atoms with Crippen molar-refractivity contribution < 1.29 is 9.53 Å². The van der Waals surface area contributed by atoms with Crippen LogP contribution >= 0.6 is 15.9 Å². The summed E-state index contributed by atoms with van der Waals surface area (Å²) in [6.45, 7) is 0.0922. The fraction of sp³-hybridized carbons (Fsp3) is 0.167. The van der Waals surface area contributed by atoms with Gasteiger partial charge >= 0.3 is 0 Å².